The fraction of sp³-hybridized carbons (Fsp3) is 1.00. The zero-order chi connectivity index (χ0) is 10.6. The van der Waals surface area contributed by atoms with Gasteiger partial charge in [-0.2, -0.15) is 0 Å². The second-order valence-corrected chi connectivity index (χ2v) is 4.02. The first kappa shape index (κ1) is 14.4. The Kier molecular flexibility index (Phi) is 11.7. The topological polar surface area (TPSA) is 21.7 Å². The lowest BCUT2D eigenvalue weighted by atomic mass is 10.3. The molecule has 0 aliphatic rings. The molecular formula is C10H22BrNO2. The molecule has 0 aromatic heterocycles. The van der Waals surface area contributed by atoms with Crippen molar-refractivity contribution in [2.45, 2.75) is 12.8 Å². The number of hydrogen-bond donors (Lipinski definition) is 0. The molecule has 0 radical (unpaired) electrons. The number of alkyl halides is 1. The van der Waals surface area contributed by atoms with Gasteiger partial charge in [-0.3, -0.25) is 0 Å². The van der Waals surface area contributed by atoms with E-state index in [1.54, 1.807) is 14.2 Å². The summed E-state index contributed by atoms with van der Waals surface area (Å²) in [7, 11) is 3.50. The van der Waals surface area contributed by atoms with E-state index in [4.69, 9.17) is 9.47 Å². The van der Waals surface area contributed by atoms with E-state index in [2.05, 4.69) is 20.8 Å². The van der Waals surface area contributed by atoms with Crippen molar-refractivity contribution in [2.75, 3.05) is 52.4 Å². The molecule has 86 valence electrons. The number of methoxy groups -OCH3 is 2. The normalized spacial score (nSPS) is 11.1. The van der Waals surface area contributed by atoms with Crippen LogP contribution in [-0.2, 0) is 9.47 Å². The van der Waals surface area contributed by atoms with E-state index in [1.807, 2.05) is 0 Å². The molecule has 0 heterocycles. The standard InChI is InChI=1S/C10H22BrNO2/c1-13-9-4-7-12(6-3-5-11)8-10-14-2/h3-10H2,1-2H3. The Morgan fingerprint density at radius 1 is 0.929 bits per heavy atom. The molecule has 0 saturated carbocycles. The van der Waals surface area contributed by atoms with Crippen molar-refractivity contribution in [1.29, 1.82) is 0 Å². The number of rotatable bonds is 10. The molecule has 14 heavy (non-hydrogen) atoms. The van der Waals surface area contributed by atoms with E-state index < -0.39 is 0 Å². The predicted octanol–water partition coefficient (Wildman–Crippen LogP) is 1.76. The highest BCUT2D eigenvalue weighted by molar-refractivity contribution is 9.09. The van der Waals surface area contributed by atoms with Crippen LogP contribution in [0.5, 0.6) is 0 Å². The second-order valence-electron chi connectivity index (χ2n) is 3.22. The van der Waals surface area contributed by atoms with E-state index >= 15 is 0 Å². The van der Waals surface area contributed by atoms with E-state index in [9.17, 15) is 0 Å². The van der Waals surface area contributed by atoms with Crippen LogP contribution in [-0.4, -0.2) is 57.3 Å². The molecule has 0 saturated heterocycles. The Labute approximate surface area is 95.9 Å². The van der Waals surface area contributed by atoms with Crippen molar-refractivity contribution < 1.29 is 9.47 Å². The van der Waals surface area contributed by atoms with E-state index in [0.717, 1.165) is 44.6 Å². The number of halogens is 1. The number of hydrogen-bond acceptors (Lipinski definition) is 3. The quantitative estimate of drug-likeness (QED) is 0.445. The minimum atomic E-state index is 0.815. The first-order valence-electron chi connectivity index (χ1n) is 5.11. The average molecular weight is 268 g/mol. The Balaban J connectivity index is 3.49. The fourth-order valence-electron chi connectivity index (χ4n) is 1.27. The van der Waals surface area contributed by atoms with Gasteiger partial charge in [-0.25, -0.2) is 0 Å². The minimum absolute atomic E-state index is 0.815. The second kappa shape index (κ2) is 11.4. The molecule has 0 unspecified atom stereocenters. The highest BCUT2D eigenvalue weighted by Gasteiger charge is 2.03. The SMILES string of the molecule is COCCCN(CCCBr)CCOC. The maximum absolute atomic E-state index is 5.07. The Hall–Kier alpha value is 0.360. The van der Waals surface area contributed by atoms with Gasteiger partial charge < -0.3 is 14.4 Å². The Morgan fingerprint density at radius 2 is 1.57 bits per heavy atom. The molecule has 0 aliphatic carbocycles. The molecule has 0 N–H and O–H groups in total. The first-order valence-corrected chi connectivity index (χ1v) is 6.23. The minimum Gasteiger partial charge on any atom is -0.385 e. The van der Waals surface area contributed by atoms with Gasteiger partial charge in [-0.15, -0.1) is 0 Å². The van der Waals surface area contributed by atoms with Crippen molar-refractivity contribution in [3.8, 4) is 0 Å². The Bertz CT molecular complexity index is 106. The highest BCUT2D eigenvalue weighted by Crippen LogP contribution is 1.97. The molecule has 4 heteroatoms. The largest absolute Gasteiger partial charge is 0.385 e. The molecule has 0 aromatic carbocycles. The average Bonchev–Trinajstić information content (AvgIpc) is 2.21. The zero-order valence-electron chi connectivity index (χ0n) is 9.30. The van der Waals surface area contributed by atoms with Gasteiger partial charge in [-0.05, 0) is 19.4 Å². The summed E-state index contributed by atoms with van der Waals surface area (Å²) in [6, 6.07) is 0. The van der Waals surface area contributed by atoms with Gasteiger partial charge in [0, 0.05) is 39.2 Å². The molecule has 0 aliphatic heterocycles. The van der Waals surface area contributed by atoms with Gasteiger partial charge in [0.25, 0.3) is 0 Å². The molecule has 0 spiro atoms. The van der Waals surface area contributed by atoms with Crippen molar-refractivity contribution in [1.82, 2.24) is 4.90 Å². The lowest BCUT2D eigenvalue weighted by Gasteiger charge is -2.21. The van der Waals surface area contributed by atoms with Gasteiger partial charge in [0.1, 0.15) is 0 Å². The summed E-state index contributed by atoms with van der Waals surface area (Å²) in [6.45, 7) is 4.92. The van der Waals surface area contributed by atoms with Crippen LogP contribution in [0.2, 0.25) is 0 Å². The summed E-state index contributed by atoms with van der Waals surface area (Å²) in [5, 5.41) is 1.07. The Morgan fingerprint density at radius 3 is 2.14 bits per heavy atom. The summed E-state index contributed by atoms with van der Waals surface area (Å²) in [5.41, 5.74) is 0. The molecule has 0 aromatic rings. The van der Waals surface area contributed by atoms with Crippen LogP contribution in [0.1, 0.15) is 12.8 Å². The maximum Gasteiger partial charge on any atom is 0.0589 e. The summed E-state index contributed by atoms with van der Waals surface area (Å²) < 4.78 is 10.1. The maximum atomic E-state index is 5.07. The number of ether oxygens (including phenoxy) is 2. The van der Waals surface area contributed by atoms with Crippen LogP contribution in [0.25, 0.3) is 0 Å². The third-order valence-electron chi connectivity index (χ3n) is 2.04. The van der Waals surface area contributed by atoms with Crippen molar-refractivity contribution in [3.63, 3.8) is 0 Å². The smallest absolute Gasteiger partial charge is 0.0589 e. The highest BCUT2D eigenvalue weighted by atomic mass is 79.9. The van der Waals surface area contributed by atoms with Gasteiger partial charge in [0.05, 0.1) is 6.61 Å². The molecule has 0 atom stereocenters. The third-order valence-corrected chi connectivity index (χ3v) is 2.60. The summed E-state index contributed by atoms with van der Waals surface area (Å²) in [5.74, 6) is 0. The van der Waals surface area contributed by atoms with Gasteiger partial charge in [-0.1, -0.05) is 15.9 Å². The van der Waals surface area contributed by atoms with Gasteiger partial charge in [0.2, 0.25) is 0 Å². The molecule has 3 nitrogen and oxygen atoms in total. The van der Waals surface area contributed by atoms with Crippen LogP contribution < -0.4 is 0 Å². The fourth-order valence-corrected chi connectivity index (χ4v) is 1.52. The van der Waals surface area contributed by atoms with Gasteiger partial charge >= 0.3 is 0 Å². The zero-order valence-corrected chi connectivity index (χ0v) is 10.9. The van der Waals surface area contributed by atoms with Crippen molar-refractivity contribution in [2.24, 2.45) is 0 Å². The predicted molar refractivity (Wildman–Crippen MR) is 63.2 cm³/mol. The molecule has 0 amide bonds. The van der Waals surface area contributed by atoms with Gasteiger partial charge in [0.15, 0.2) is 0 Å². The third kappa shape index (κ3) is 8.94. The molecule has 0 rings (SSSR count). The van der Waals surface area contributed by atoms with Crippen LogP contribution >= 0.6 is 15.9 Å². The van der Waals surface area contributed by atoms with Crippen molar-refractivity contribution in [3.05, 3.63) is 0 Å². The van der Waals surface area contributed by atoms with Crippen LogP contribution in [0, 0.1) is 0 Å². The summed E-state index contributed by atoms with van der Waals surface area (Å²) in [4.78, 5) is 2.42. The lowest BCUT2D eigenvalue weighted by molar-refractivity contribution is 0.133. The molecule has 0 bridgehead atoms. The first-order chi connectivity index (χ1) is 6.85. The summed E-state index contributed by atoms with van der Waals surface area (Å²) >= 11 is 3.45. The number of nitrogens with zero attached hydrogens (tertiary/aromatic N) is 1. The van der Waals surface area contributed by atoms with E-state index in [-0.39, 0.29) is 0 Å². The monoisotopic (exact) mass is 267 g/mol. The summed E-state index contributed by atoms with van der Waals surface area (Å²) in [6.07, 6.45) is 2.29. The van der Waals surface area contributed by atoms with E-state index in [0.29, 0.717) is 0 Å². The molecule has 0 fully saturated rings. The van der Waals surface area contributed by atoms with Crippen LogP contribution in [0.3, 0.4) is 0 Å². The lowest BCUT2D eigenvalue weighted by Crippen LogP contribution is -2.30. The van der Waals surface area contributed by atoms with Crippen LogP contribution in [0.15, 0.2) is 0 Å². The molecular weight excluding hydrogens is 246 g/mol. The van der Waals surface area contributed by atoms with Crippen molar-refractivity contribution >= 4 is 15.9 Å². The van der Waals surface area contributed by atoms with E-state index in [1.165, 1.54) is 6.42 Å². The van der Waals surface area contributed by atoms with Crippen LogP contribution in [0.4, 0.5) is 0 Å².